The number of halogens is 2. The summed E-state index contributed by atoms with van der Waals surface area (Å²) < 4.78 is 26.2. The highest BCUT2D eigenvalue weighted by Gasteiger charge is 2.27. The Labute approximate surface area is 149 Å². The number of anilines is 1. The minimum Gasteiger partial charge on any atom is -0.387 e. The molecule has 2 atom stereocenters. The number of aliphatic hydroxyl groups excluding tert-OH is 1. The van der Waals surface area contributed by atoms with E-state index in [1.165, 1.54) is 6.07 Å². The number of benzene rings is 1. The van der Waals surface area contributed by atoms with Gasteiger partial charge in [0.05, 0.1) is 18.2 Å². The van der Waals surface area contributed by atoms with Gasteiger partial charge >= 0.3 is 0 Å². The average Bonchev–Trinajstić information content (AvgIpc) is 2.68. The maximum Gasteiger partial charge on any atom is 0.225 e. The number of hydrogen-bond donors (Lipinski definition) is 2. The standard InChI is InChI=1S/C18H20F2N4O2/c19-14-4-3-12(8-15(14)20)16(25)9-23-18(26)13-2-1-7-24(11-13)17-10-21-5-6-22-17/h3-6,8,10,13,16,25H,1-2,7,9,11H2,(H,23,26). The summed E-state index contributed by atoms with van der Waals surface area (Å²) in [7, 11) is 0. The number of carbonyl (C=O) groups is 1. The molecule has 138 valence electrons. The molecule has 1 aliphatic heterocycles. The summed E-state index contributed by atoms with van der Waals surface area (Å²) in [6.07, 6.45) is 5.35. The van der Waals surface area contributed by atoms with E-state index < -0.39 is 17.7 Å². The van der Waals surface area contributed by atoms with Crippen LogP contribution in [0.25, 0.3) is 0 Å². The van der Waals surface area contributed by atoms with Crippen LogP contribution in [0.1, 0.15) is 24.5 Å². The second kappa shape index (κ2) is 8.18. The first kappa shape index (κ1) is 18.2. The number of piperidine rings is 1. The third kappa shape index (κ3) is 4.32. The second-order valence-electron chi connectivity index (χ2n) is 6.28. The van der Waals surface area contributed by atoms with E-state index in [4.69, 9.17) is 0 Å². The monoisotopic (exact) mass is 362 g/mol. The van der Waals surface area contributed by atoms with E-state index in [9.17, 15) is 18.7 Å². The first-order valence-electron chi connectivity index (χ1n) is 8.46. The molecule has 1 fully saturated rings. The van der Waals surface area contributed by atoms with Crippen LogP contribution >= 0.6 is 0 Å². The maximum atomic E-state index is 13.2. The number of carbonyl (C=O) groups excluding carboxylic acids is 1. The molecule has 2 heterocycles. The normalized spacial score (nSPS) is 18.4. The van der Waals surface area contributed by atoms with Gasteiger partial charge in [-0.05, 0) is 30.5 Å². The number of aliphatic hydroxyl groups is 1. The zero-order chi connectivity index (χ0) is 18.5. The van der Waals surface area contributed by atoms with Crippen molar-refractivity contribution in [3.8, 4) is 0 Å². The number of rotatable bonds is 5. The third-order valence-electron chi connectivity index (χ3n) is 4.46. The molecule has 2 unspecified atom stereocenters. The predicted octanol–water partition coefficient (Wildman–Crippen LogP) is 1.82. The van der Waals surface area contributed by atoms with Crippen LogP contribution < -0.4 is 10.2 Å². The quantitative estimate of drug-likeness (QED) is 0.848. The van der Waals surface area contributed by atoms with E-state index in [0.29, 0.717) is 6.54 Å². The maximum absolute atomic E-state index is 13.2. The van der Waals surface area contributed by atoms with Crippen molar-refractivity contribution >= 4 is 11.7 Å². The minimum absolute atomic E-state index is 0.0639. The second-order valence-corrected chi connectivity index (χ2v) is 6.28. The average molecular weight is 362 g/mol. The first-order valence-corrected chi connectivity index (χ1v) is 8.46. The van der Waals surface area contributed by atoms with Gasteiger partial charge in [0.25, 0.3) is 0 Å². The lowest BCUT2D eigenvalue weighted by atomic mass is 9.97. The fourth-order valence-corrected chi connectivity index (χ4v) is 3.03. The van der Waals surface area contributed by atoms with Crippen LogP contribution in [0.5, 0.6) is 0 Å². The van der Waals surface area contributed by atoms with E-state index in [1.807, 2.05) is 4.90 Å². The Morgan fingerprint density at radius 1 is 1.35 bits per heavy atom. The van der Waals surface area contributed by atoms with Crippen molar-refractivity contribution in [1.29, 1.82) is 0 Å². The van der Waals surface area contributed by atoms with E-state index in [1.54, 1.807) is 18.6 Å². The van der Waals surface area contributed by atoms with Gasteiger partial charge in [-0.3, -0.25) is 9.78 Å². The summed E-state index contributed by atoms with van der Waals surface area (Å²) in [6, 6.07) is 3.18. The van der Waals surface area contributed by atoms with Crippen molar-refractivity contribution in [1.82, 2.24) is 15.3 Å². The molecular formula is C18H20F2N4O2. The molecular weight excluding hydrogens is 342 g/mol. The summed E-state index contributed by atoms with van der Waals surface area (Å²) in [5.74, 6) is -1.69. The SMILES string of the molecule is O=C(NCC(O)c1ccc(F)c(F)c1)C1CCCN(c2cnccn2)C1. The summed E-state index contributed by atoms with van der Waals surface area (Å²) >= 11 is 0. The van der Waals surface area contributed by atoms with Gasteiger partial charge in [0.15, 0.2) is 11.6 Å². The molecule has 1 aromatic heterocycles. The van der Waals surface area contributed by atoms with Crippen LogP contribution in [-0.4, -0.2) is 40.6 Å². The van der Waals surface area contributed by atoms with Crippen molar-refractivity contribution in [3.63, 3.8) is 0 Å². The Bertz CT molecular complexity index is 760. The largest absolute Gasteiger partial charge is 0.387 e. The third-order valence-corrected chi connectivity index (χ3v) is 4.46. The van der Waals surface area contributed by atoms with E-state index >= 15 is 0 Å². The molecule has 0 spiro atoms. The molecule has 1 amide bonds. The molecule has 0 radical (unpaired) electrons. The van der Waals surface area contributed by atoms with Crippen LogP contribution in [-0.2, 0) is 4.79 Å². The van der Waals surface area contributed by atoms with Crippen LogP contribution in [0.4, 0.5) is 14.6 Å². The lowest BCUT2D eigenvalue weighted by Gasteiger charge is -2.32. The lowest BCUT2D eigenvalue weighted by molar-refractivity contribution is -0.125. The van der Waals surface area contributed by atoms with Crippen molar-refractivity contribution in [2.24, 2.45) is 5.92 Å². The number of hydrogen-bond acceptors (Lipinski definition) is 5. The molecule has 2 aromatic rings. The fourth-order valence-electron chi connectivity index (χ4n) is 3.03. The van der Waals surface area contributed by atoms with E-state index in [-0.39, 0.29) is 23.9 Å². The van der Waals surface area contributed by atoms with Crippen molar-refractivity contribution < 1.29 is 18.7 Å². The van der Waals surface area contributed by atoms with Gasteiger partial charge in [0, 0.05) is 32.0 Å². The molecule has 0 aliphatic carbocycles. The van der Waals surface area contributed by atoms with Gasteiger partial charge in [-0.25, -0.2) is 13.8 Å². The van der Waals surface area contributed by atoms with Gasteiger partial charge < -0.3 is 15.3 Å². The smallest absolute Gasteiger partial charge is 0.225 e. The van der Waals surface area contributed by atoms with Gasteiger partial charge in [-0.1, -0.05) is 6.07 Å². The number of nitrogens with zero attached hydrogens (tertiary/aromatic N) is 3. The molecule has 1 aromatic carbocycles. The fraction of sp³-hybridized carbons (Fsp3) is 0.389. The zero-order valence-electron chi connectivity index (χ0n) is 14.1. The Morgan fingerprint density at radius 3 is 2.92 bits per heavy atom. The molecule has 6 nitrogen and oxygen atoms in total. The molecule has 8 heteroatoms. The lowest BCUT2D eigenvalue weighted by Crippen LogP contribution is -2.44. The van der Waals surface area contributed by atoms with Gasteiger partial charge in [0.2, 0.25) is 5.91 Å². The number of nitrogens with one attached hydrogen (secondary N) is 1. The zero-order valence-corrected chi connectivity index (χ0v) is 14.1. The Balaban J connectivity index is 1.55. The van der Waals surface area contributed by atoms with Crippen LogP contribution in [0.2, 0.25) is 0 Å². The molecule has 0 bridgehead atoms. The number of aromatic nitrogens is 2. The Hall–Kier alpha value is -2.61. The molecule has 1 saturated heterocycles. The Morgan fingerprint density at radius 2 is 2.19 bits per heavy atom. The van der Waals surface area contributed by atoms with Crippen LogP contribution in [0, 0.1) is 17.6 Å². The summed E-state index contributed by atoms with van der Waals surface area (Å²) in [4.78, 5) is 22.7. The van der Waals surface area contributed by atoms with E-state index in [0.717, 1.165) is 37.3 Å². The summed E-state index contributed by atoms with van der Waals surface area (Å²) in [5, 5.41) is 12.8. The molecule has 1 aliphatic rings. The molecule has 0 saturated carbocycles. The van der Waals surface area contributed by atoms with Gasteiger partial charge in [0.1, 0.15) is 5.82 Å². The molecule has 26 heavy (non-hydrogen) atoms. The van der Waals surface area contributed by atoms with Crippen LogP contribution in [0.15, 0.2) is 36.8 Å². The van der Waals surface area contributed by atoms with E-state index in [2.05, 4.69) is 15.3 Å². The number of amides is 1. The van der Waals surface area contributed by atoms with Crippen LogP contribution in [0.3, 0.4) is 0 Å². The molecule has 2 N–H and O–H groups in total. The van der Waals surface area contributed by atoms with Crippen molar-refractivity contribution in [3.05, 3.63) is 54.0 Å². The summed E-state index contributed by atoms with van der Waals surface area (Å²) in [6.45, 7) is 1.26. The van der Waals surface area contributed by atoms with Gasteiger partial charge in [-0.15, -0.1) is 0 Å². The summed E-state index contributed by atoms with van der Waals surface area (Å²) in [5.41, 5.74) is 0.217. The van der Waals surface area contributed by atoms with Crippen molar-refractivity contribution in [2.75, 3.05) is 24.5 Å². The minimum atomic E-state index is -1.10. The Kier molecular flexibility index (Phi) is 5.72. The highest BCUT2D eigenvalue weighted by atomic mass is 19.2. The van der Waals surface area contributed by atoms with Crippen molar-refractivity contribution in [2.45, 2.75) is 18.9 Å². The highest BCUT2D eigenvalue weighted by molar-refractivity contribution is 5.79. The topological polar surface area (TPSA) is 78.4 Å². The molecule has 3 rings (SSSR count). The highest BCUT2D eigenvalue weighted by Crippen LogP contribution is 2.21. The van der Waals surface area contributed by atoms with Gasteiger partial charge in [-0.2, -0.15) is 0 Å². The first-order chi connectivity index (χ1) is 12.5. The predicted molar refractivity (Wildman–Crippen MR) is 91.3 cm³/mol.